The lowest BCUT2D eigenvalue weighted by Gasteiger charge is -2.14. The van der Waals surface area contributed by atoms with E-state index in [1.165, 1.54) is 11.3 Å². The number of sulfone groups is 1. The van der Waals surface area contributed by atoms with Crippen molar-refractivity contribution < 1.29 is 26.0 Å². The summed E-state index contributed by atoms with van der Waals surface area (Å²) in [6, 6.07) is 14.7. The number of benzene rings is 2. The maximum absolute atomic E-state index is 12.4. The number of thiazole rings is 1. The number of rotatable bonds is 10. The number of aromatic nitrogens is 3. The van der Waals surface area contributed by atoms with Crippen LogP contribution in [0.2, 0.25) is 0 Å². The van der Waals surface area contributed by atoms with Crippen LogP contribution in [0.15, 0.2) is 52.9 Å². The Hall–Kier alpha value is -3.24. The minimum absolute atomic E-state index is 0.0661. The van der Waals surface area contributed by atoms with Crippen molar-refractivity contribution in [2.45, 2.75) is 31.2 Å². The minimum Gasteiger partial charge on any atom is -0.422 e. The number of hydrogen-bond acceptors (Lipinski definition) is 10. The van der Waals surface area contributed by atoms with Crippen LogP contribution in [-0.4, -0.2) is 50.2 Å². The Balaban J connectivity index is 1.45. The van der Waals surface area contributed by atoms with Gasteiger partial charge in [0.05, 0.1) is 16.6 Å². The first kappa shape index (κ1) is 26.8. The van der Waals surface area contributed by atoms with E-state index >= 15 is 0 Å². The van der Waals surface area contributed by atoms with Crippen molar-refractivity contribution in [3.05, 3.63) is 76.4 Å². The van der Waals surface area contributed by atoms with Gasteiger partial charge in [-0.2, -0.15) is 13.1 Å². The van der Waals surface area contributed by atoms with E-state index in [1.54, 1.807) is 16.9 Å². The first-order valence-electron chi connectivity index (χ1n) is 10.9. The summed E-state index contributed by atoms with van der Waals surface area (Å²) in [5.41, 5.74) is 2.38. The maximum Gasteiger partial charge on any atom is 0.275 e. The van der Waals surface area contributed by atoms with Gasteiger partial charge in [-0.15, -0.1) is 21.5 Å². The summed E-state index contributed by atoms with van der Waals surface area (Å²) in [6.45, 7) is 1.94. The van der Waals surface area contributed by atoms with Gasteiger partial charge in [0.2, 0.25) is 17.2 Å². The Bertz CT molecular complexity index is 1630. The van der Waals surface area contributed by atoms with Crippen LogP contribution in [0.25, 0.3) is 10.2 Å². The van der Waals surface area contributed by atoms with Crippen molar-refractivity contribution in [2.24, 2.45) is 5.14 Å². The number of nitrogens with one attached hydrogen (secondary N) is 2. The smallest absolute Gasteiger partial charge is 0.275 e. The van der Waals surface area contributed by atoms with Crippen LogP contribution in [0.5, 0.6) is 0 Å². The van der Waals surface area contributed by atoms with Crippen LogP contribution in [0, 0.1) is 0 Å². The van der Waals surface area contributed by atoms with Crippen molar-refractivity contribution in [3.8, 4) is 0 Å². The molecule has 37 heavy (non-hydrogen) atoms. The SMILES string of the molecule is CC(Cc1ccc2nc(Cc3nnc(C(NS(N)(=O)=O)S(C)(=O)=O)o3)sc2c1)NC(=O)c1ccccc1. The molecule has 0 radical (unpaired) electrons. The van der Waals surface area contributed by atoms with E-state index in [0.29, 0.717) is 17.0 Å². The fourth-order valence-electron chi connectivity index (χ4n) is 3.56. The van der Waals surface area contributed by atoms with Crippen LogP contribution < -0.4 is 15.2 Å². The van der Waals surface area contributed by atoms with Crippen LogP contribution in [0.1, 0.15) is 45.0 Å². The van der Waals surface area contributed by atoms with Crippen molar-refractivity contribution in [3.63, 3.8) is 0 Å². The summed E-state index contributed by atoms with van der Waals surface area (Å²) < 4.78 is 54.8. The highest BCUT2D eigenvalue weighted by Crippen LogP contribution is 2.26. The molecule has 0 saturated carbocycles. The second-order valence-corrected chi connectivity index (χ2v) is 13.0. The lowest BCUT2D eigenvalue weighted by atomic mass is 10.1. The van der Waals surface area contributed by atoms with Crippen molar-refractivity contribution >= 4 is 47.5 Å². The molecule has 2 heterocycles. The molecular weight excluding hydrogens is 540 g/mol. The normalized spacial score (nSPS) is 13.9. The van der Waals surface area contributed by atoms with Gasteiger partial charge in [-0.3, -0.25) is 4.79 Å². The Morgan fingerprint density at radius 3 is 2.51 bits per heavy atom. The predicted molar refractivity (Wildman–Crippen MR) is 138 cm³/mol. The molecule has 4 N–H and O–H groups in total. The molecule has 0 spiro atoms. The van der Waals surface area contributed by atoms with Gasteiger partial charge in [-0.05, 0) is 43.2 Å². The third kappa shape index (κ3) is 7.17. The van der Waals surface area contributed by atoms with Crippen molar-refractivity contribution in [1.29, 1.82) is 0 Å². The molecule has 0 aliphatic carbocycles. The summed E-state index contributed by atoms with van der Waals surface area (Å²) >= 11 is 1.40. The fourth-order valence-corrected chi connectivity index (χ4v) is 6.55. The molecule has 196 valence electrons. The molecule has 2 unspecified atom stereocenters. The first-order chi connectivity index (χ1) is 17.4. The summed E-state index contributed by atoms with van der Waals surface area (Å²) in [4.78, 5) is 16.9. The largest absolute Gasteiger partial charge is 0.422 e. The highest BCUT2D eigenvalue weighted by Gasteiger charge is 2.32. The van der Waals surface area contributed by atoms with Gasteiger partial charge in [0.1, 0.15) is 5.01 Å². The molecule has 2 atom stereocenters. The zero-order valence-corrected chi connectivity index (χ0v) is 22.2. The lowest BCUT2D eigenvalue weighted by molar-refractivity contribution is 0.0940. The highest BCUT2D eigenvalue weighted by molar-refractivity contribution is 7.92. The first-order valence-corrected chi connectivity index (χ1v) is 15.2. The molecule has 12 nitrogen and oxygen atoms in total. The van der Waals surface area contributed by atoms with E-state index in [9.17, 15) is 21.6 Å². The van der Waals surface area contributed by atoms with Gasteiger partial charge in [0.15, 0.2) is 9.84 Å². The fraction of sp³-hybridized carbons (Fsp3) is 0.273. The average Bonchev–Trinajstić information content (AvgIpc) is 3.43. The van der Waals surface area contributed by atoms with Gasteiger partial charge in [0.25, 0.3) is 16.1 Å². The molecular formula is C22H24N6O6S3. The average molecular weight is 565 g/mol. The van der Waals surface area contributed by atoms with Crippen molar-refractivity contribution in [1.82, 2.24) is 25.2 Å². The molecule has 15 heteroatoms. The molecule has 1 amide bonds. The summed E-state index contributed by atoms with van der Waals surface area (Å²) in [7, 11) is -8.32. The molecule has 0 aliphatic heterocycles. The van der Waals surface area contributed by atoms with E-state index in [2.05, 4.69) is 20.5 Å². The van der Waals surface area contributed by atoms with E-state index in [0.717, 1.165) is 22.0 Å². The Morgan fingerprint density at radius 1 is 1.11 bits per heavy atom. The molecule has 0 fully saturated rings. The predicted octanol–water partition coefficient (Wildman–Crippen LogP) is 1.47. The lowest BCUT2D eigenvalue weighted by Crippen LogP contribution is -2.38. The summed E-state index contributed by atoms with van der Waals surface area (Å²) in [6.07, 6.45) is 1.56. The second kappa shape index (κ2) is 10.6. The zero-order chi connectivity index (χ0) is 26.8. The molecule has 2 aromatic heterocycles. The zero-order valence-electron chi connectivity index (χ0n) is 19.8. The number of nitrogens with two attached hydrogens (primary N) is 1. The monoisotopic (exact) mass is 564 g/mol. The van der Waals surface area contributed by atoms with Gasteiger partial charge in [-0.1, -0.05) is 24.3 Å². The Labute approximate surface area is 217 Å². The van der Waals surface area contributed by atoms with Crippen LogP contribution in [-0.2, 0) is 32.9 Å². The van der Waals surface area contributed by atoms with E-state index < -0.39 is 31.3 Å². The van der Waals surface area contributed by atoms with E-state index in [4.69, 9.17) is 9.56 Å². The van der Waals surface area contributed by atoms with Gasteiger partial charge in [-0.25, -0.2) is 18.5 Å². The molecule has 2 aromatic carbocycles. The maximum atomic E-state index is 12.4. The molecule has 0 bridgehead atoms. The highest BCUT2D eigenvalue weighted by atomic mass is 32.2. The molecule has 4 aromatic rings. The number of amides is 1. The molecule has 0 saturated heterocycles. The van der Waals surface area contributed by atoms with Crippen LogP contribution in [0.3, 0.4) is 0 Å². The number of carbonyl (C=O) groups is 1. The van der Waals surface area contributed by atoms with Gasteiger partial charge < -0.3 is 9.73 Å². The summed E-state index contributed by atoms with van der Waals surface area (Å²) in [5.74, 6) is -0.511. The third-order valence-electron chi connectivity index (χ3n) is 5.16. The topological polar surface area (TPSA) is 187 Å². The quantitative estimate of drug-likeness (QED) is 0.256. The number of hydrogen-bond donors (Lipinski definition) is 3. The summed E-state index contributed by atoms with van der Waals surface area (Å²) in [5, 5.41) is 14.2. The molecule has 0 aliphatic rings. The van der Waals surface area contributed by atoms with E-state index in [1.807, 2.05) is 43.3 Å². The van der Waals surface area contributed by atoms with Gasteiger partial charge >= 0.3 is 0 Å². The number of carbonyl (C=O) groups excluding carboxylic acids is 1. The van der Waals surface area contributed by atoms with E-state index in [-0.39, 0.29) is 24.3 Å². The number of fused-ring (bicyclic) bond motifs is 1. The van der Waals surface area contributed by atoms with Crippen LogP contribution >= 0.6 is 11.3 Å². The molecule has 4 rings (SSSR count). The standard InChI is InChI=1S/C22H24N6O6S3/c1-13(24-20(29)15-6-4-3-5-7-15)10-14-8-9-16-17(11-14)35-19(25-16)12-18-26-27-21(34-18)22(36(2,30)31)28-37(23,32)33/h3-9,11,13,22,28H,10,12H2,1-2H3,(H,24,29)(H2,23,32,33). The van der Waals surface area contributed by atoms with Crippen LogP contribution in [0.4, 0.5) is 0 Å². The Kier molecular flexibility index (Phi) is 7.70. The Morgan fingerprint density at radius 2 is 1.84 bits per heavy atom. The number of nitrogens with zero attached hydrogens (tertiary/aromatic N) is 3. The third-order valence-corrected chi connectivity index (χ3v) is 8.07. The minimum atomic E-state index is -4.35. The van der Waals surface area contributed by atoms with Crippen molar-refractivity contribution in [2.75, 3.05) is 6.26 Å². The van der Waals surface area contributed by atoms with Gasteiger partial charge in [0, 0.05) is 17.9 Å². The second-order valence-electron chi connectivity index (χ2n) is 8.44.